The van der Waals surface area contributed by atoms with E-state index >= 15 is 0 Å². The van der Waals surface area contributed by atoms with E-state index in [1.165, 1.54) is 20.9 Å². The molecule has 0 bridgehead atoms. The van der Waals surface area contributed by atoms with Crippen LogP contribution in [0.15, 0.2) is 0 Å². The van der Waals surface area contributed by atoms with Crippen molar-refractivity contribution in [3.05, 3.63) is 0 Å². The van der Waals surface area contributed by atoms with Gasteiger partial charge in [-0.2, -0.15) is 14.8 Å². The highest BCUT2D eigenvalue weighted by Gasteiger charge is 2.32. The third kappa shape index (κ3) is 2.69. The monoisotopic (exact) mass is 201 g/mol. The van der Waals surface area contributed by atoms with Gasteiger partial charge in [-0.25, -0.2) is 8.42 Å². The Labute approximate surface area is 78.2 Å². The Balaban J connectivity index is 4.96. The Bertz CT molecular complexity index is 358. The first kappa shape index (κ1) is 11.9. The Morgan fingerprint density at radius 3 is 2.15 bits per heavy atom. The van der Waals surface area contributed by atoms with E-state index in [0.29, 0.717) is 0 Å². The van der Waals surface area contributed by atoms with E-state index in [9.17, 15) is 8.42 Å². The molecule has 0 unspecified atom stereocenters. The molecule has 0 amide bonds. The maximum Gasteiger partial charge on any atom is 0.228 e. The molecule has 0 aliphatic heterocycles. The van der Waals surface area contributed by atoms with Crippen LogP contribution in [0, 0.1) is 22.7 Å². The molecular weight excluding hydrogens is 190 g/mol. The second-order valence-electron chi connectivity index (χ2n) is 3.05. The molecule has 0 heterocycles. The Morgan fingerprint density at radius 1 is 1.38 bits per heavy atom. The first-order valence-corrected chi connectivity index (χ1v) is 5.14. The van der Waals surface area contributed by atoms with Crippen molar-refractivity contribution in [1.82, 2.24) is 4.31 Å². The average molecular weight is 201 g/mol. The average Bonchev–Trinajstić information content (AvgIpc) is 2.03. The molecule has 0 rings (SSSR count). The van der Waals surface area contributed by atoms with Crippen molar-refractivity contribution in [3.63, 3.8) is 0 Å². The molecule has 0 fully saturated rings. The van der Waals surface area contributed by atoms with E-state index in [4.69, 9.17) is 10.5 Å². The van der Waals surface area contributed by atoms with Gasteiger partial charge in [0.15, 0.2) is 5.75 Å². The van der Waals surface area contributed by atoms with Crippen molar-refractivity contribution < 1.29 is 8.42 Å². The van der Waals surface area contributed by atoms with Gasteiger partial charge in [0.25, 0.3) is 0 Å². The fourth-order valence-electron chi connectivity index (χ4n) is 0.597. The highest BCUT2D eigenvalue weighted by atomic mass is 32.2. The quantitative estimate of drug-likeness (QED) is 0.646. The number of nitriles is 2. The van der Waals surface area contributed by atoms with E-state index in [1.54, 1.807) is 6.07 Å². The lowest BCUT2D eigenvalue weighted by Crippen LogP contribution is -2.44. The van der Waals surface area contributed by atoms with Crippen LogP contribution >= 0.6 is 0 Å². The van der Waals surface area contributed by atoms with E-state index in [0.717, 1.165) is 4.31 Å². The first-order chi connectivity index (χ1) is 5.78. The molecule has 0 radical (unpaired) electrons. The summed E-state index contributed by atoms with van der Waals surface area (Å²) in [5.41, 5.74) is -1.12. The fraction of sp³-hybridized carbons (Fsp3) is 0.714. The van der Waals surface area contributed by atoms with Crippen molar-refractivity contribution in [2.45, 2.75) is 19.4 Å². The molecule has 0 atom stereocenters. The summed E-state index contributed by atoms with van der Waals surface area (Å²) < 4.78 is 23.5. The van der Waals surface area contributed by atoms with Crippen LogP contribution in [0.1, 0.15) is 13.8 Å². The van der Waals surface area contributed by atoms with E-state index in [-0.39, 0.29) is 0 Å². The second kappa shape index (κ2) is 3.73. The Morgan fingerprint density at radius 2 is 1.85 bits per heavy atom. The van der Waals surface area contributed by atoms with Crippen LogP contribution < -0.4 is 0 Å². The van der Waals surface area contributed by atoms with Gasteiger partial charge in [0.2, 0.25) is 10.0 Å². The highest BCUT2D eigenvalue weighted by molar-refractivity contribution is 7.89. The summed E-state index contributed by atoms with van der Waals surface area (Å²) >= 11 is 0. The normalized spacial score (nSPS) is 12.2. The summed E-state index contributed by atoms with van der Waals surface area (Å²) in [6.07, 6.45) is 0. The Kier molecular flexibility index (Phi) is 3.42. The molecule has 0 spiro atoms. The molecule has 0 aromatic carbocycles. The maximum atomic E-state index is 11.3. The number of hydrogen-bond acceptors (Lipinski definition) is 4. The van der Waals surface area contributed by atoms with Crippen molar-refractivity contribution >= 4 is 10.0 Å². The van der Waals surface area contributed by atoms with E-state index in [2.05, 4.69) is 0 Å². The molecule has 5 nitrogen and oxygen atoms in total. The van der Waals surface area contributed by atoms with Crippen molar-refractivity contribution in [2.24, 2.45) is 0 Å². The van der Waals surface area contributed by atoms with Crippen LogP contribution in [-0.2, 0) is 10.0 Å². The van der Waals surface area contributed by atoms with Gasteiger partial charge < -0.3 is 0 Å². The van der Waals surface area contributed by atoms with Crippen LogP contribution in [0.5, 0.6) is 0 Å². The number of nitrogens with zero attached hydrogens (tertiary/aromatic N) is 3. The maximum absolute atomic E-state index is 11.3. The summed E-state index contributed by atoms with van der Waals surface area (Å²) in [5, 5.41) is 16.9. The summed E-state index contributed by atoms with van der Waals surface area (Å²) in [5.74, 6) is -0.603. The highest BCUT2D eigenvalue weighted by Crippen LogP contribution is 2.15. The molecule has 0 N–H and O–H groups in total. The van der Waals surface area contributed by atoms with Gasteiger partial charge in [0.05, 0.1) is 12.1 Å². The van der Waals surface area contributed by atoms with Crippen molar-refractivity contribution in [2.75, 3.05) is 12.8 Å². The fourth-order valence-corrected chi connectivity index (χ4v) is 1.69. The second-order valence-corrected chi connectivity index (χ2v) is 5.05. The van der Waals surface area contributed by atoms with Gasteiger partial charge in [0.1, 0.15) is 5.54 Å². The summed E-state index contributed by atoms with van der Waals surface area (Å²) in [6, 6.07) is 3.39. The minimum Gasteiger partial charge on any atom is -0.211 e. The summed E-state index contributed by atoms with van der Waals surface area (Å²) in [6.45, 7) is 2.95. The van der Waals surface area contributed by atoms with Crippen LogP contribution in [0.3, 0.4) is 0 Å². The topological polar surface area (TPSA) is 85.0 Å². The predicted octanol–water partition coefficient (Wildman–Crippen LogP) is 0.0738. The standard InChI is InChI=1S/C7H11N3O2S/c1-7(2,6-9)10(3)13(11,12)5-4-8/h5H2,1-3H3. The van der Waals surface area contributed by atoms with E-state index < -0.39 is 21.3 Å². The number of hydrogen-bond donors (Lipinski definition) is 0. The van der Waals surface area contributed by atoms with Crippen molar-refractivity contribution in [1.29, 1.82) is 10.5 Å². The van der Waals surface area contributed by atoms with Gasteiger partial charge in [-0.05, 0) is 13.8 Å². The smallest absolute Gasteiger partial charge is 0.211 e. The largest absolute Gasteiger partial charge is 0.228 e. The molecule has 6 heteroatoms. The molecule has 13 heavy (non-hydrogen) atoms. The Hall–Kier alpha value is -1.11. The lowest BCUT2D eigenvalue weighted by molar-refractivity contribution is 0.338. The van der Waals surface area contributed by atoms with E-state index in [1.807, 2.05) is 6.07 Å². The molecule has 0 saturated heterocycles. The molecule has 0 saturated carbocycles. The molecule has 0 aromatic heterocycles. The van der Waals surface area contributed by atoms with Crippen LogP contribution in [0.4, 0.5) is 0 Å². The zero-order valence-corrected chi connectivity index (χ0v) is 8.59. The third-order valence-electron chi connectivity index (χ3n) is 1.73. The van der Waals surface area contributed by atoms with Gasteiger partial charge in [0, 0.05) is 7.05 Å². The first-order valence-electron chi connectivity index (χ1n) is 3.53. The minimum absolute atomic E-state index is 0.603. The summed E-state index contributed by atoms with van der Waals surface area (Å²) in [7, 11) is -2.34. The number of sulfonamides is 1. The van der Waals surface area contributed by atoms with Crippen molar-refractivity contribution in [3.8, 4) is 12.1 Å². The zero-order chi connectivity index (χ0) is 10.7. The van der Waals surface area contributed by atoms with Gasteiger partial charge in [-0.3, -0.25) is 0 Å². The number of rotatable bonds is 3. The van der Waals surface area contributed by atoms with Crippen LogP contribution in [0.2, 0.25) is 0 Å². The molecule has 0 aliphatic carbocycles. The zero-order valence-electron chi connectivity index (χ0n) is 7.77. The summed E-state index contributed by atoms with van der Waals surface area (Å²) in [4.78, 5) is 0. The molecular formula is C7H11N3O2S. The lowest BCUT2D eigenvalue weighted by Gasteiger charge is -2.26. The molecule has 0 aromatic rings. The molecule has 0 aliphatic rings. The van der Waals surface area contributed by atoms with Gasteiger partial charge in [-0.1, -0.05) is 0 Å². The van der Waals surface area contributed by atoms with Crippen LogP contribution in [0.25, 0.3) is 0 Å². The van der Waals surface area contributed by atoms with Gasteiger partial charge >= 0.3 is 0 Å². The minimum atomic E-state index is -3.63. The lowest BCUT2D eigenvalue weighted by atomic mass is 10.1. The predicted molar refractivity (Wildman–Crippen MR) is 46.9 cm³/mol. The van der Waals surface area contributed by atoms with Gasteiger partial charge in [-0.15, -0.1) is 0 Å². The SMILES string of the molecule is CN(C(C)(C)C#N)S(=O)(=O)CC#N. The third-order valence-corrected chi connectivity index (χ3v) is 3.51. The molecule has 72 valence electrons. The van der Waals surface area contributed by atoms with Crippen LogP contribution in [-0.4, -0.2) is 31.1 Å².